The van der Waals surface area contributed by atoms with Gasteiger partial charge in [-0.1, -0.05) is 42.5 Å². The predicted molar refractivity (Wildman–Crippen MR) is 86.2 cm³/mol. The molecule has 0 spiro atoms. The quantitative estimate of drug-likeness (QED) is 0.598. The Bertz CT molecular complexity index is 656. The van der Waals surface area contributed by atoms with Crippen molar-refractivity contribution in [1.29, 1.82) is 0 Å². The van der Waals surface area contributed by atoms with Crippen molar-refractivity contribution >= 4 is 11.7 Å². The Hall–Kier alpha value is -2.73. The highest BCUT2D eigenvalue weighted by molar-refractivity contribution is 5.69. The van der Waals surface area contributed by atoms with E-state index < -0.39 is 10.9 Å². The van der Waals surface area contributed by atoms with E-state index in [1.165, 1.54) is 12.1 Å². The van der Waals surface area contributed by atoms with Crippen LogP contribution in [0.3, 0.4) is 0 Å². The third-order valence-electron chi connectivity index (χ3n) is 3.47. The van der Waals surface area contributed by atoms with Gasteiger partial charge >= 0.3 is 5.97 Å². The van der Waals surface area contributed by atoms with Crippen LogP contribution in [0.25, 0.3) is 0 Å². The van der Waals surface area contributed by atoms with Crippen molar-refractivity contribution in [2.45, 2.75) is 13.0 Å². The van der Waals surface area contributed by atoms with Crippen LogP contribution in [0.5, 0.6) is 0 Å². The lowest BCUT2D eigenvalue weighted by Gasteiger charge is -2.20. The summed E-state index contributed by atoms with van der Waals surface area (Å²) in [4.78, 5) is 23.0. The Balaban J connectivity index is 2.00. The molecule has 0 saturated carbocycles. The number of non-ortho nitro benzene ring substituents is 1. The standard InChI is InChI=1S/C17H18N2O4/c20-17(21)13-18(11-10-14-4-2-1-3-5-14)12-15-6-8-16(9-7-15)19(22)23/h1-9H,10-13H2,(H,20,21). The number of benzene rings is 2. The van der Waals surface area contributed by atoms with E-state index in [-0.39, 0.29) is 12.2 Å². The lowest BCUT2D eigenvalue weighted by Crippen LogP contribution is -2.31. The van der Waals surface area contributed by atoms with Crippen LogP contribution in [0.2, 0.25) is 0 Å². The molecule has 2 rings (SSSR count). The van der Waals surface area contributed by atoms with E-state index in [0.29, 0.717) is 13.1 Å². The first-order valence-electron chi connectivity index (χ1n) is 7.26. The van der Waals surface area contributed by atoms with Gasteiger partial charge < -0.3 is 5.11 Å². The molecule has 0 fully saturated rings. The minimum Gasteiger partial charge on any atom is -0.480 e. The maximum atomic E-state index is 11.0. The minimum absolute atomic E-state index is 0.0304. The van der Waals surface area contributed by atoms with Crippen LogP contribution >= 0.6 is 0 Å². The van der Waals surface area contributed by atoms with Gasteiger partial charge in [-0.05, 0) is 17.5 Å². The molecule has 0 heterocycles. The fourth-order valence-corrected chi connectivity index (χ4v) is 2.32. The van der Waals surface area contributed by atoms with Gasteiger partial charge in [-0.3, -0.25) is 19.8 Å². The zero-order chi connectivity index (χ0) is 16.7. The van der Waals surface area contributed by atoms with Crippen LogP contribution < -0.4 is 0 Å². The average Bonchev–Trinajstić information content (AvgIpc) is 2.53. The fourth-order valence-electron chi connectivity index (χ4n) is 2.32. The molecule has 0 aliphatic heterocycles. The molecule has 2 aromatic rings. The molecule has 0 aliphatic carbocycles. The normalized spacial score (nSPS) is 10.7. The number of hydrogen-bond acceptors (Lipinski definition) is 4. The topological polar surface area (TPSA) is 83.7 Å². The van der Waals surface area contributed by atoms with E-state index in [1.54, 1.807) is 12.1 Å². The largest absolute Gasteiger partial charge is 0.480 e. The number of rotatable bonds is 8. The molecule has 0 unspecified atom stereocenters. The molecule has 120 valence electrons. The lowest BCUT2D eigenvalue weighted by molar-refractivity contribution is -0.384. The first-order chi connectivity index (χ1) is 11.0. The van der Waals surface area contributed by atoms with Crippen LogP contribution in [-0.2, 0) is 17.8 Å². The Labute approximate surface area is 134 Å². The number of nitrogens with zero attached hydrogens (tertiary/aromatic N) is 2. The van der Waals surface area contributed by atoms with Crippen LogP contribution in [-0.4, -0.2) is 34.0 Å². The summed E-state index contributed by atoms with van der Waals surface area (Å²) in [5.74, 6) is -0.889. The summed E-state index contributed by atoms with van der Waals surface area (Å²) in [6.45, 7) is 0.980. The van der Waals surface area contributed by atoms with Gasteiger partial charge in [0, 0.05) is 25.2 Å². The van der Waals surface area contributed by atoms with E-state index in [0.717, 1.165) is 17.5 Å². The lowest BCUT2D eigenvalue weighted by atomic mass is 10.1. The van der Waals surface area contributed by atoms with Gasteiger partial charge in [0.15, 0.2) is 0 Å². The molecule has 0 atom stereocenters. The summed E-state index contributed by atoms with van der Waals surface area (Å²) in [6.07, 6.45) is 0.751. The third-order valence-corrected chi connectivity index (χ3v) is 3.47. The van der Waals surface area contributed by atoms with E-state index in [4.69, 9.17) is 5.11 Å². The van der Waals surface area contributed by atoms with Crippen LogP contribution in [0.1, 0.15) is 11.1 Å². The second-order valence-corrected chi connectivity index (χ2v) is 5.26. The summed E-state index contributed by atoms with van der Waals surface area (Å²) in [6, 6.07) is 16.0. The highest BCUT2D eigenvalue weighted by Crippen LogP contribution is 2.14. The molecule has 1 N–H and O–H groups in total. The van der Waals surface area contributed by atoms with E-state index in [2.05, 4.69) is 0 Å². The van der Waals surface area contributed by atoms with Crippen molar-refractivity contribution < 1.29 is 14.8 Å². The van der Waals surface area contributed by atoms with E-state index in [9.17, 15) is 14.9 Å². The molecule has 0 saturated heterocycles. The van der Waals surface area contributed by atoms with E-state index in [1.807, 2.05) is 35.2 Å². The van der Waals surface area contributed by atoms with Gasteiger partial charge in [0.25, 0.3) is 5.69 Å². The summed E-state index contributed by atoms with van der Waals surface area (Å²) >= 11 is 0. The number of nitro benzene ring substituents is 1. The summed E-state index contributed by atoms with van der Waals surface area (Å²) in [7, 11) is 0. The molecule has 0 bridgehead atoms. The Kier molecular flexibility index (Phi) is 5.82. The maximum absolute atomic E-state index is 11.0. The first-order valence-corrected chi connectivity index (χ1v) is 7.26. The number of carboxylic acids is 1. The molecule has 0 radical (unpaired) electrons. The monoisotopic (exact) mass is 314 g/mol. The molecule has 6 heteroatoms. The molecule has 0 amide bonds. The maximum Gasteiger partial charge on any atom is 0.317 e. The van der Waals surface area contributed by atoms with Crippen LogP contribution in [0.4, 0.5) is 5.69 Å². The average molecular weight is 314 g/mol. The molecule has 0 aromatic heterocycles. The van der Waals surface area contributed by atoms with Crippen molar-refractivity contribution in [2.75, 3.05) is 13.1 Å². The Morgan fingerprint density at radius 1 is 1.04 bits per heavy atom. The van der Waals surface area contributed by atoms with Gasteiger partial charge in [0.1, 0.15) is 0 Å². The number of carbonyl (C=O) groups is 1. The Morgan fingerprint density at radius 3 is 2.26 bits per heavy atom. The predicted octanol–water partition coefficient (Wildman–Crippen LogP) is 2.72. The highest BCUT2D eigenvalue weighted by atomic mass is 16.6. The molecule has 23 heavy (non-hydrogen) atoms. The fraction of sp³-hybridized carbons (Fsp3) is 0.235. The number of aliphatic carboxylic acids is 1. The zero-order valence-electron chi connectivity index (χ0n) is 12.6. The van der Waals surface area contributed by atoms with Crippen molar-refractivity contribution in [3.8, 4) is 0 Å². The number of carboxylic acid groups (broad SMARTS) is 1. The van der Waals surface area contributed by atoms with Gasteiger partial charge in [0.05, 0.1) is 11.5 Å². The van der Waals surface area contributed by atoms with Gasteiger partial charge in [-0.2, -0.15) is 0 Å². The Morgan fingerprint density at radius 2 is 1.70 bits per heavy atom. The van der Waals surface area contributed by atoms with Crippen LogP contribution in [0, 0.1) is 10.1 Å². The second kappa shape index (κ2) is 8.05. The smallest absolute Gasteiger partial charge is 0.317 e. The number of hydrogen-bond donors (Lipinski definition) is 1. The van der Waals surface area contributed by atoms with Gasteiger partial charge in [-0.25, -0.2) is 0 Å². The molecular weight excluding hydrogens is 296 g/mol. The molecule has 6 nitrogen and oxygen atoms in total. The number of nitro groups is 1. The summed E-state index contributed by atoms with van der Waals surface area (Å²) < 4.78 is 0. The van der Waals surface area contributed by atoms with Crippen molar-refractivity contribution in [2.24, 2.45) is 0 Å². The van der Waals surface area contributed by atoms with Crippen molar-refractivity contribution in [1.82, 2.24) is 4.90 Å². The molecule has 2 aromatic carbocycles. The summed E-state index contributed by atoms with van der Waals surface area (Å²) in [5, 5.41) is 19.7. The van der Waals surface area contributed by atoms with E-state index >= 15 is 0 Å². The summed E-state index contributed by atoms with van der Waals surface area (Å²) in [5.41, 5.74) is 2.03. The second-order valence-electron chi connectivity index (χ2n) is 5.26. The molecular formula is C17H18N2O4. The van der Waals surface area contributed by atoms with Gasteiger partial charge in [-0.15, -0.1) is 0 Å². The minimum atomic E-state index is -0.889. The van der Waals surface area contributed by atoms with Crippen LogP contribution in [0.15, 0.2) is 54.6 Å². The highest BCUT2D eigenvalue weighted by Gasteiger charge is 2.12. The third kappa shape index (κ3) is 5.52. The SMILES string of the molecule is O=C(O)CN(CCc1ccccc1)Cc1ccc([N+](=O)[O-])cc1. The van der Waals surface area contributed by atoms with Gasteiger partial charge in [0.2, 0.25) is 0 Å². The van der Waals surface area contributed by atoms with Crippen molar-refractivity contribution in [3.63, 3.8) is 0 Å². The molecule has 0 aliphatic rings. The first kappa shape index (κ1) is 16.6. The van der Waals surface area contributed by atoms with Crippen molar-refractivity contribution in [3.05, 3.63) is 75.8 Å². The zero-order valence-corrected chi connectivity index (χ0v) is 12.6.